The lowest BCUT2D eigenvalue weighted by molar-refractivity contribution is -0.143. The highest BCUT2D eigenvalue weighted by atomic mass is 16.6. The summed E-state index contributed by atoms with van der Waals surface area (Å²) in [5, 5.41) is 0. The zero-order valence-electron chi connectivity index (χ0n) is 37.0. The number of amides is 3. The van der Waals surface area contributed by atoms with Gasteiger partial charge >= 0.3 is 6.09 Å². The maximum absolute atomic E-state index is 14.4. The molecule has 3 amide bonds. The van der Waals surface area contributed by atoms with Gasteiger partial charge in [-0.3, -0.25) is 14.5 Å². The third-order valence-electron chi connectivity index (χ3n) is 14.5. The van der Waals surface area contributed by atoms with Crippen LogP contribution < -0.4 is 5.73 Å². The van der Waals surface area contributed by atoms with E-state index in [-0.39, 0.29) is 41.3 Å². The zero-order valence-corrected chi connectivity index (χ0v) is 37.0. The number of piperidine rings is 1. The Kier molecular flexibility index (Phi) is 12.0. The first kappa shape index (κ1) is 42.5. The minimum absolute atomic E-state index is 0.0744. The average Bonchev–Trinajstić information content (AvgIpc) is 4.14. The summed E-state index contributed by atoms with van der Waals surface area (Å²) in [6, 6.07) is 26.9. The van der Waals surface area contributed by atoms with Crippen LogP contribution in [0.1, 0.15) is 127 Å². The van der Waals surface area contributed by atoms with Gasteiger partial charge in [-0.25, -0.2) is 14.8 Å². The van der Waals surface area contributed by atoms with E-state index in [9.17, 15) is 14.4 Å². The molecule has 12 heteroatoms. The molecule has 4 aliphatic rings. The molecule has 12 nitrogen and oxygen atoms in total. The normalized spacial score (nSPS) is 23.8. The molecule has 4 fully saturated rings. The molecule has 0 radical (unpaired) electrons. The largest absolute Gasteiger partial charge is 0.443 e. The first-order chi connectivity index (χ1) is 30.5. The van der Waals surface area contributed by atoms with Crippen molar-refractivity contribution in [2.24, 2.45) is 17.1 Å². The number of carbonyl (C=O) groups excluding carboxylic acids is 3. The van der Waals surface area contributed by atoms with E-state index in [0.717, 1.165) is 109 Å². The van der Waals surface area contributed by atoms with E-state index in [1.165, 1.54) is 6.42 Å². The van der Waals surface area contributed by atoms with Crippen molar-refractivity contribution in [1.82, 2.24) is 34.6 Å². The van der Waals surface area contributed by atoms with E-state index in [1.54, 1.807) is 0 Å². The molecule has 4 N–H and O–H groups in total. The van der Waals surface area contributed by atoms with E-state index in [2.05, 4.69) is 101 Å². The number of nitrogens with one attached hydrogen (secondary N) is 2. The number of H-pyrrole nitrogens is 2. The number of benzene rings is 3. The Morgan fingerprint density at radius 1 is 0.667 bits per heavy atom. The quantitative estimate of drug-likeness (QED) is 0.126. The molecule has 330 valence electrons. The number of hydrogen-bond acceptors (Lipinski definition) is 7. The summed E-state index contributed by atoms with van der Waals surface area (Å²) < 4.78 is 5.72. The van der Waals surface area contributed by atoms with Crippen LogP contribution in [0.15, 0.2) is 91.3 Å². The second-order valence-electron chi connectivity index (χ2n) is 19.2. The Bertz CT molecular complexity index is 2370. The van der Waals surface area contributed by atoms with Crippen LogP contribution in [0.25, 0.3) is 33.6 Å². The van der Waals surface area contributed by atoms with E-state index < -0.39 is 11.7 Å². The Morgan fingerprint density at radius 3 is 1.70 bits per heavy atom. The van der Waals surface area contributed by atoms with Gasteiger partial charge in [0.2, 0.25) is 11.8 Å². The lowest BCUT2D eigenvalue weighted by Gasteiger charge is -2.47. The molecule has 9 rings (SSSR count). The van der Waals surface area contributed by atoms with Gasteiger partial charge in [0.15, 0.2) is 0 Å². The maximum atomic E-state index is 14.4. The van der Waals surface area contributed by atoms with Crippen LogP contribution in [0, 0.1) is 11.3 Å². The highest BCUT2D eigenvalue weighted by Crippen LogP contribution is 2.48. The average molecular weight is 851 g/mol. The molecule has 2 unspecified atom stereocenters. The van der Waals surface area contributed by atoms with Crippen LogP contribution in [0.4, 0.5) is 4.79 Å². The Hall–Kier alpha value is -5.75. The van der Waals surface area contributed by atoms with Crippen molar-refractivity contribution in [1.29, 1.82) is 0 Å². The monoisotopic (exact) mass is 850 g/mol. The fraction of sp³-hybridized carbons (Fsp3) is 0.471. The van der Waals surface area contributed by atoms with Crippen LogP contribution in [0.2, 0.25) is 0 Å². The van der Waals surface area contributed by atoms with E-state index in [1.807, 2.05) is 35.5 Å². The Balaban J connectivity index is 0.832. The van der Waals surface area contributed by atoms with Crippen molar-refractivity contribution in [2.75, 3.05) is 26.2 Å². The molecule has 3 saturated heterocycles. The predicted octanol–water partition coefficient (Wildman–Crippen LogP) is 9.76. The number of imidazole rings is 2. The van der Waals surface area contributed by atoms with Gasteiger partial charge in [-0.15, -0.1) is 0 Å². The van der Waals surface area contributed by atoms with Crippen LogP contribution in [0.3, 0.4) is 0 Å². The number of aromatic nitrogens is 4. The molecule has 1 saturated carbocycles. The summed E-state index contributed by atoms with van der Waals surface area (Å²) in [4.78, 5) is 63.4. The lowest BCUT2D eigenvalue weighted by Crippen LogP contribution is -2.51. The number of likely N-dealkylation sites (tertiary alicyclic amines) is 3. The molecule has 3 aliphatic heterocycles. The molecular formula is C51H62N8O4. The van der Waals surface area contributed by atoms with Crippen molar-refractivity contribution >= 4 is 17.9 Å². The second kappa shape index (κ2) is 17.8. The van der Waals surface area contributed by atoms with Gasteiger partial charge in [-0.1, -0.05) is 106 Å². The fourth-order valence-electron chi connectivity index (χ4n) is 10.9. The number of ether oxygens (including phenoxy) is 1. The first-order valence-corrected chi connectivity index (χ1v) is 23.2. The number of hydrogen-bond donors (Lipinski definition) is 3. The number of carbonyl (C=O) groups is 3. The Morgan fingerprint density at radius 2 is 1.17 bits per heavy atom. The molecule has 1 aliphatic carbocycles. The van der Waals surface area contributed by atoms with Gasteiger partial charge in [-0.2, -0.15) is 0 Å². The van der Waals surface area contributed by atoms with Gasteiger partial charge in [0.25, 0.3) is 0 Å². The fourth-order valence-corrected chi connectivity index (χ4v) is 10.9. The second-order valence-corrected chi connectivity index (χ2v) is 19.2. The standard InChI is InChI=1S/C51H62N8O4/c1-50(2,3)51(63-49(52)62)26-24-39(25-27-51)47(60)58-30-10-14-42(58)45-53-32-40(55-45)36-20-16-34(17-21-36)35-18-22-37(23-19-35)41-33-54-46(56-41)43-15-11-31-59(43)48(61)44(38-12-6-4-7-13-38)57-28-8-5-9-29-57/h4,6-7,12-13,16-23,32-33,39,42-44H,5,8-11,14-15,24-31H2,1-3H3,(H2,52,62)(H,53,55)(H,54,56)/t39?,42-,43?,44?,51?/m0/s1. The molecule has 5 aromatic rings. The molecule has 0 spiro atoms. The summed E-state index contributed by atoms with van der Waals surface area (Å²) in [7, 11) is 0. The van der Waals surface area contributed by atoms with E-state index >= 15 is 0 Å². The van der Waals surface area contributed by atoms with Crippen molar-refractivity contribution in [2.45, 2.75) is 115 Å². The molecule has 0 bridgehead atoms. The van der Waals surface area contributed by atoms with Crippen LogP contribution in [-0.2, 0) is 14.3 Å². The van der Waals surface area contributed by atoms with Crippen LogP contribution in [-0.4, -0.2) is 84.3 Å². The van der Waals surface area contributed by atoms with Gasteiger partial charge < -0.3 is 30.2 Å². The van der Waals surface area contributed by atoms with Crippen LogP contribution >= 0.6 is 0 Å². The highest BCUT2D eigenvalue weighted by molar-refractivity contribution is 5.84. The minimum Gasteiger partial charge on any atom is -0.443 e. The van der Waals surface area contributed by atoms with Gasteiger partial charge in [0.05, 0.1) is 35.9 Å². The molecule has 3 aromatic carbocycles. The third-order valence-corrected chi connectivity index (χ3v) is 14.5. The molecule has 3 atom stereocenters. The summed E-state index contributed by atoms with van der Waals surface area (Å²) >= 11 is 0. The SMILES string of the molecule is CC(C)(C)C1(OC(N)=O)CCC(C(=O)N2CCC[C@H]2c2ncc(-c3ccc(-c4ccc(-c5cnc(C6CCCN6C(=O)C(c6ccccc6)N6CCCCC6)[nH]5)cc4)cc3)[nH]2)CC1. The van der Waals surface area contributed by atoms with Gasteiger partial charge in [0.1, 0.15) is 23.3 Å². The zero-order chi connectivity index (χ0) is 43.7. The molecule has 2 aromatic heterocycles. The lowest BCUT2D eigenvalue weighted by atomic mass is 9.65. The topological polar surface area (TPSA) is 154 Å². The Labute approximate surface area is 371 Å². The number of nitrogens with zero attached hydrogens (tertiary/aromatic N) is 5. The smallest absolute Gasteiger partial charge is 0.405 e. The van der Waals surface area contributed by atoms with E-state index in [0.29, 0.717) is 32.2 Å². The van der Waals surface area contributed by atoms with Crippen molar-refractivity contribution in [3.63, 3.8) is 0 Å². The molecule has 5 heterocycles. The number of primary amides is 1. The first-order valence-electron chi connectivity index (χ1n) is 23.2. The number of rotatable bonds is 10. The number of nitrogens with two attached hydrogens (primary N) is 1. The summed E-state index contributed by atoms with van der Waals surface area (Å²) in [5.41, 5.74) is 11.8. The van der Waals surface area contributed by atoms with Crippen molar-refractivity contribution in [3.05, 3.63) is 108 Å². The van der Waals surface area contributed by atoms with Gasteiger partial charge in [-0.05, 0) is 105 Å². The van der Waals surface area contributed by atoms with E-state index in [4.69, 9.17) is 20.4 Å². The number of aromatic amines is 2. The highest BCUT2D eigenvalue weighted by Gasteiger charge is 2.49. The summed E-state index contributed by atoms with van der Waals surface area (Å²) in [5.74, 6) is 1.89. The third kappa shape index (κ3) is 8.66. The van der Waals surface area contributed by atoms with Crippen molar-refractivity contribution in [3.8, 4) is 33.6 Å². The maximum Gasteiger partial charge on any atom is 0.405 e. The van der Waals surface area contributed by atoms with Crippen LogP contribution in [0.5, 0.6) is 0 Å². The predicted molar refractivity (Wildman–Crippen MR) is 244 cm³/mol. The molecular weight excluding hydrogens is 789 g/mol. The summed E-state index contributed by atoms with van der Waals surface area (Å²) in [6.45, 7) is 9.55. The van der Waals surface area contributed by atoms with Gasteiger partial charge in [0, 0.05) is 24.4 Å². The summed E-state index contributed by atoms with van der Waals surface area (Å²) in [6.07, 6.45) is 12.7. The molecule has 63 heavy (non-hydrogen) atoms. The minimum atomic E-state index is -0.754. The van der Waals surface area contributed by atoms with Crippen molar-refractivity contribution < 1.29 is 19.1 Å².